The van der Waals surface area contributed by atoms with Crippen LogP contribution in [-0.2, 0) is 14.8 Å². The lowest BCUT2D eigenvalue weighted by Gasteiger charge is -2.45. The lowest BCUT2D eigenvalue weighted by molar-refractivity contribution is -0.128. The van der Waals surface area contributed by atoms with Crippen LogP contribution in [0.3, 0.4) is 0 Å². The molecule has 7 saturated heterocycles. The number of carbonyl (C=O) groups excluding carboxylic acids is 1. The molecule has 0 aromatic carbocycles. The van der Waals surface area contributed by atoms with Crippen LogP contribution < -0.4 is 27.1 Å². The number of hydrogen-bond acceptors (Lipinski definition) is 10. The average Bonchev–Trinajstić information content (AvgIpc) is 3.04. The Bertz CT molecular complexity index is 995. The highest BCUT2D eigenvalue weighted by atomic mass is 32.2. The van der Waals surface area contributed by atoms with Crippen LogP contribution >= 0.6 is 0 Å². The third-order valence-electron chi connectivity index (χ3n) is 9.69. The van der Waals surface area contributed by atoms with Crippen LogP contribution in [0.1, 0.15) is 25.7 Å². The summed E-state index contributed by atoms with van der Waals surface area (Å²) in [5.41, 5.74) is 9.19. The van der Waals surface area contributed by atoms with Crippen LogP contribution in [0.2, 0.25) is 0 Å². The predicted octanol–water partition coefficient (Wildman–Crippen LogP) is -2.66. The monoisotopic (exact) mass is 575 g/mol. The zero-order valence-corrected chi connectivity index (χ0v) is 23.2. The van der Waals surface area contributed by atoms with Crippen LogP contribution in [0.25, 0.3) is 0 Å². The van der Waals surface area contributed by atoms with Gasteiger partial charge >= 0.3 is 0 Å². The highest BCUT2D eigenvalue weighted by molar-refractivity contribution is 7.89. The Labute approximate surface area is 229 Å². The van der Waals surface area contributed by atoms with E-state index in [1.54, 1.807) is 9.31 Å². The lowest BCUT2D eigenvalue weighted by atomic mass is 9.93. The molecular formula is C24H43F2N9O3S. The van der Waals surface area contributed by atoms with Gasteiger partial charge in [-0.05, 0) is 51.9 Å². The van der Waals surface area contributed by atoms with Gasteiger partial charge in [-0.15, -0.1) is 0 Å². The van der Waals surface area contributed by atoms with Gasteiger partial charge in [0.1, 0.15) is 12.3 Å². The molecule has 7 aliphatic rings. The highest BCUT2D eigenvalue weighted by Crippen LogP contribution is 2.31. The van der Waals surface area contributed by atoms with Gasteiger partial charge in [0.2, 0.25) is 15.9 Å². The first kappa shape index (κ1) is 28.1. The fourth-order valence-corrected chi connectivity index (χ4v) is 9.75. The minimum absolute atomic E-state index is 0.0906. The Morgan fingerprint density at radius 2 is 1.69 bits per heavy atom. The molecule has 0 spiro atoms. The summed E-state index contributed by atoms with van der Waals surface area (Å²) in [6, 6.07) is -0.965. The average molecular weight is 576 g/mol. The van der Waals surface area contributed by atoms with E-state index in [0.29, 0.717) is 39.0 Å². The summed E-state index contributed by atoms with van der Waals surface area (Å²) >= 11 is 0. The Hall–Kier alpha value is -1.04. The second-order valence-corrected chi connectivity index (χ2v) is 14.2. The molecule has 0 aromatic heterocycles. The van der Waals surface area contributed by atoms with Crippen LogP contribution in [-0.4, -0.2) is 147 Å². The number of carbonyl (C=O) groups is 1. The van der Waals surface area contributed by atoms with E-state index in [9.17, 15) is 17.6 Å². The van der Waals surface area contributed by atoms with Crippen LogP contribution in [0.15, 0.2) is 0 Å². The van der Waals surface area contributed by atoms with E-state index in [0.717, 1.165) is 32.5 Å². The Morgan fingerprint density at radius 1 is 0.949 bits per heavy atom. The fraction of sp³-hybridized carbons (Fsp3) is 0.958. The zero-order chi connectivity index (χ0) is 27.3. The van der Waals surface area contributed by atoms with E-state index in [1.165, 1.54) is 0 Å². The molecule has 7 aliphatic heterocycles. The van der Waals surface area contributed by atoms with Gasteiger partial charge in [0, 0.05) is 45.3 Å². The molecule has 0 aromatic rings. The summed E-state index contributed by atoms with van der Waals surface area (Å²) in [4.78, 5) is 17.8. The van der Waals surface area contributed by atoms with Gasteiger partial charge in [0.25, 0.3) is 0 Å². The first-order valence-electron chi connectivity index (χ1n) is 14.5. The van der Waals surface area contributed by atoms with Crippen molar-refractivity contribution in [2.75, 3.05) is 65.4 Å². The molecule has 7 unspecified atom stereocenters. The number of amides is 1. The van der Waals surface area contributed by atoms with Crippen molar-refractivity contribution in [2.45, 2.75) is 73.7 Å². The van der Waals surface area contributed by atoms with Gasteiger partial charge in [0.05, 0.1) is 35.6 Å². The van der Waals surface area contributed by atoms with Gasteiger partial charge < -0.3 is 21.3 Å². The SMILES string of the molecule is NC1NN2CC(F)CNC2C1C(=O)NC1CNCC(F)C1N1CCC(S(=O)(=O)N2CCN3CCC2CC3)CC1. The predicted molar refractivity (Wildman–Crippen MR) is 141 cm³/mol. The molecule has 7 heterocycles. The topological polar surface area (TPSA) is 138 Å². The maximum atomic E-state index is 15.4. The largest absolute Gasteiger partial charge is 0.350 e. The minimum atomic E-state index is -3.43. The van der Waals surface area contributed by atoms with Crippen molar-refractivity contribution >= 4 is 15.9 Å². The van der Waals surface area contributed by atoms with E-state index in [2.05, 4.69) is 26.3 Å². The Kier molecular flexibility index (Phi) is 8.16. The number of rotatable bonds is 5. The van der Waals surface area contributed by atoms with Crippen molar-refractivity contribution in [3.05, 3.63) is 0 Å². The summed E-state index contributed by atoms with van der Waals surface area (Å²) in [5.74, 6) is -0.961. The number of hydrazine groups is 1. The molecular weight excluding hydrogens is 532 g/mol. The molecule has 7 atom stereocenters. The molecule has 6 N–H and O–H groups in total. The smallest absolute Gasteiger partial charge is 0.229 e. The van der Waals surface area contributed by atoms with E-state index in [-0.39, 0.29) is 31.6 Å². The third-order valence-corrected chi connectivity index (χ3v) is 12.1. The summed E-state index contributed by atoms with van der Waals surface area (Å²) in [7, 11) is -3.43. The molecule has 222 valence electrons. The number of likely N-dealkylation sites (tertiary alicyclic amines) is 1. The van der Waals surface area contributed by atoms with Crippen molar-refractivity contribution in [3.63, 3.8) is 0 Å². The Morgan fingerprint density at radius 3 is 2.44 bits per heavy atom. The number of halogens is 2. The molecule has 2 bridgehead atoms. The van der Waals surface area contributed by atoms with Gasteiger partial charge in [-0.2, -0.15) is 4.31 Å². The normalized spacial score (nSPS) is 43.2. The molecule has 0 aliphatic carbocycles. The van der Waals surface area contributed by atoms with Crippen molar-refractivity contribution < 1.29 is 22.0 Å². The van der Waals surface area contributed by atoms with Crippen LogP contribution in [0, 0.1) is 5.92 Å². The number of nitrogens with two attached hydrogens (primary N) is 1. The number of fused-ring (bicyclic) bond motifs is 5. The number of sulfonamides is 1. The number of alkyl halides is 2. The summed E-state index contributed by atoms with van der Waals surface area (Å²) < 4.78 is 58.3. The molecule has 0 saturated carbocycles. The van der Waals surface area contributed by atoms with Crippen molar-refractivity contribution in [1.29, 1.82) is 0 Å². The quantitative estimate of drug-likeness (QED) is 0.236. The zero-order valence-electron chi connectivity index (χ0n) is 22.4. The van der Waals surface area contributed by atoms with Crippen LogP contribution in [0.5, 0.6) is 0 Å². The third kappa shape index (κ3) is 5.46. The maximum Gasteiger partial charge on any atom is 0.229 e. The van der Waals surface area contributed by atoms with E-state index in [4.69, 9.17) is 5.73 Å². The molecule has 0 radical (unpaired) electrons. The molecule has 39 heavy (non-hydrogen) atoms. The number of hydrogen-bond donors (Lipinski definition) is 5. The first-order valence-corrected chi connectivity index (χ1v) is 16.0. The maximum absolute atomic E-state index is 15.4. The van der Waals surface area contributed by atoms with Crippen LogP contribution in [0.4, 0.5) is 8.78 Å². The molecule has 1 amide bonds. The summed E-state index contributed by atoms with van der Waals surface area (Å²) in [5, 5.41) is 10.3. The van der Waals surface area contributed by atoms with E-state index in [1.807, 2.05) is 4.90 Å². The van der Waals surface area contributed by atoms with Crippen molar-refractivity contribution in [2.24, 2.45) is 11.7 Å². The number of nitrogens with one attached hydrogen (secondary N) is 4. The summed E-state index contributed by atoms with van der Waals surface area (Å²) in [6.07, 6.45) is -0.697. The first-order chi connectivity index (χ1) is 18.7. The standard InChI is InChI=1S/C24H43F2N9O3S/c25-15-11-29-23-20(22(27)31-34(23)14-15)24(36)30-19-13-28-12-18(26)21(19)33-7-3-17(4-8-33)39(37,38)35-10-9-32-5-1-16(35)2-6-32/h15-23,28-29,31H,1-14,27H2,(H,30,36). The van der Waals surface area contributed by atoms with Gasteiger partial charge in [0.15, 0.2) is 0 Å². The van der Waals surface area contributed by atoms with Gasteiger partial charge in [-0.3, -0.25) is 15.0 Å². The number of piperidine rings is 3. The highest BCUT2D eigenvalue weighted by Gasteiger charge is 2.49. The summed E-state index contributed by atoms with van der Waals surface area (Å²) in [6.45, 7) is 5.07. The lowest BCUT2D eigenvalue weighted by Crippen LogP contribution is -2.67. The second-order valence-electron chi connectivity index (χ2n) is 12.0. The fourth-order valence-electron chi connectivity index (χ4n) is 7.60. The molecule has 15 heteroatoms. The van der Waals surface area contributed by atoms with Crippen molar-refractivity contribution in [1.82, 2.24) is 40.5 Å². The second kappa shape index (κ2) is 11.3. The van der Waals surface area contributed by atoms with Gasteiger partial charge in [-0.1, -0.05) is 0 Å². The molecule has 7 fully saturated rings. The van der Waals surface area contributed by atoms with E-state index < -0.39 is 57.9 Å². The van der Waals surface area contributed by atoms with Crippen molar-refractivity contribution in [3.8, 4) is 0 Å². The van der Waals surface area contributed by atoms with E-state index >= 15 is 4.39 Å². The molecule has 12 nitrogen and oxygen atoms in total. The number of nitrogens with zero attached hydrogens (tertiary/aromatic N) is 4. The minimum Gasteiger partial charge on any atom is -0.350 e. The Balaban J connectivity index is 1.09. The molecule has 7 rings (SSSR count). The van der Waals surface area contributed by atoms with Gasteiger partial charge in [-0.25, -0.2) is 27.6 Å².